The minimum absolute atomic E-state index is 0.0140. The molecule has 0 saturated carbocycles. The van der Waals surface area contributed by atoms with E-state index >= 15 is 0 Å². The van der Waals surface area contributed by atoms with Crippen molar-refractivity contribution in [3.05, 3.63) is 63.5 Å². The number of aryl methyl sites for hydroxylation is 1. The van der Waals surface area contributed by atoms with Gasteiger partial charge in [0.1, 0.15) is 5.75 Å². The lowest BCUT2D eigenvalue weighted by Crippen LogP contribution is -2.32. The molecule has 0 bridgehead atoms. The highest BCUT2D eigenvalue weighted by atomic mass is 35.5. The predicted octanol–water partition coefficient (Wildman–Crippen LogP) is 5.92. The smallest absolute Gasteiger partial charge is 0.266 e. The second kappa shape index (κ2) is 8.84. The highest BCUT2D eigenvalue weighted by Crippen LogP contribution is 2.35. The van der Waals surface area contributed by atoms with Crippen molar-refractivity contribution in [2.45, 2.75) is 20.8 Å². The van der Waals surface area contributed by atoms with Gasteiger partial charge in [-0.15, -0.1) is 0 Å². The lowest BCUT2D eigenvalue weighted by molar-refractivity contribution is -0.122. The van der Waals surface area contributed by atoms with E-state index in [1.165, 1.54) is 11.8 Å². The van der Waals surface area contributed by atoms with Crippen molar-refractivity contribution in [3.8, 4) is 5.75 Å². The maximum absolute atomic E-state index is 13.0. The maximum Gasteiger partial charge on any atom is 0.266 e. The summed E-state index contributed by atoms with van der Waals surface area (Å²) in [5.41, 5.74) is 2.77. The highest BCUT2D eigenvalue weighted by molar-refractivity contribution is 8.18. The normalized spacial score (nSPS) is 17.2. The van der Waals surface area contributed by atoms with Crippen molar-refractivity contribution in [1.82, 2.24) is 4.90 Å². The van der Waals surface area contributed by atoms with Gasteiger partial charge in [-0.1, -0.05) is 31.5 Å². The number of carbonyl (C=O) groups is 1. The number of halogens is 1. The first-order chi connectivity index (χ1) is 13.4. The maximum atomic E-state index is 13.0. The van der Waals surface area contributed by atoms with Crippen LogP contribution in [0, 0.1) is 12.8 Å². The van der Waals surface area contributed by atoms with Crippen LogP contribution in [-0.4, -0.2) is 29.6 Å². The lowest BCUT2D eigenvalue weighted by Gasteiger charge is -2.17. The molecule has 1 fully saturated rings. The van der Waals surface area contributed by atoms with Gasteiger partial charge in [-0.05, 0) is 78.2 Å². The molecule has 3 rings (SSSR count). The molecule has 28 heavy (non-hydrogen) atoms. The van der Waals surface area contributed by atoms with Gasteiger partial charge in [-0.25, -0.2) is 4.99 Å². The number of ether oxygens (including phenoxy) is 1. The van der Waals surface area contributed by atoms with Gasteiger partial charge in [-0.3, -0.25) is 9.69 Å². The van der Waals surface area contributed by atoms with Gasteiger partial charge in [-0.2, -0.15) is 0 Å². The van der Waals surface area contributed by atoms with Crippen LogP contribution in [0.5, 0.6) is 5.75 Å². The van der Waals surface area contributed by atoms with Crippen molar-refractivity contribution >= 4 is 46.2 Å². The Morgan fingerprint density at radius 3 is 2.54 bits per heavy atom. The summed E-state index contributed by atoms with van der Waals surface area (Å²) in [5.74, 6) is 1.15. The molecule has 1 heterocycles. The van der Waals surface area contributed by atoms with Crippen LogP contribution in [0.25, 0.3) is 6.08 Å². The molecule has 0 spiro atoms. The average molecular weight is 415 g/mol. The third-order valence-corrected chi connectivity index (χ3v) is 5.46. The Morgan fingerprint density at radius 1 is 1.21 bits per heavy atom. The molecule has 0 unspecified atom stereocenters. The topological polar surface area (TPSA) is 41.9 Å². The molecule has 2 aromatic rings. The number of thioether (sulfide) groups is 1. The van der Waals surface area contributed by atoms with Crippen molar-refractivity contribution in [3.63, 3.8) is 0 Å². The van der Waals surface area contributed by atoms with Crippen LogP contribution in [0.3, 0.4) is 0 Å². The van der Waals surface area contributed by atoms with Gasteiger partial charge in [0.2, 0.25) is 0 Å². The molecule has 0 radical (unpaired) electrons. The average Bonchev–Trinajstić information content (AvgIpc) is 2.92. The van der Waals surface area contributed by atoms with E-state index in [0.717, 1.165) is 22.6 Å². The zero-order valence-electron chi connectivity index (χ0n) is 16.4. The third kappa shape index (κ3) is 4.78. The zero-order chi connectivity index (χ0) is 20.3. The largest absolute Gasteiger partial charge is 0.496 e. The molecule has 0 aliphatic carbocycles. The summed E-state index contributed by atoms with van der Waals surface area (Å²) in [6, 6.07) is 13.2. The van der Waals surface area contributed by atoms with Crippen molar-refractivity contribution in [2.75, 3.05) is 13.7 Å². The second-order valence-corrected chi connectivity index (χ2v) is 8.47. The van der Waals surface area contributed by atoms with Gasteiger partial charge < -0.3 is 4.74 Å². The number of amidine groups is 1. The number of carbonyl (C=O) groups excluding carboxylic acids is 1. The molecule has 1 aliphatic rings. The Bertz CT molecular complexity index is 936. The number of aliphatic imine (C=N–C) groups is 1. The summed E-state index contributed by atoms with van der Waals surface area (Å²) in [6.07, 6.45) is 1.91. The van der Waals surface area contributed by atoms with Crippen molar-refractivity contribution in [1.29, 1.82) is 0 Å². The van der Waals surface area contributed by atoms with Crippen LogP contribution in [-0.2, 0) is 4.79 Å². The number of nitrogens with zero attached hydrogens (tertiary/aromatic N) is 2. The Balaban J connectivity index is 1.94. The Morgan fingerprint density at radius 2 is 1.93 bits per heavy atom. The number of rotatable bonds is 5. The molecular formula is C22H23ClN2O2S. The van der Waals surface area contributed by atoms with Crippen LogP contribution < -0.4 is 4.74 Å². The minimum Gasteiger partial charge on any atom is -0.496 e. The molecule has 1 aliphatic heterocycles. The summed E-state index contributed by atoms with van der Waals surface area (Å²) in [7, 11) is 1.65. The summed E-state index contributed by atoms with van der Waals surface area (Å²) < 4.78 is 5.31. The Labute approximate surface area is 175 Å². The first-order valence-corrected chi connectivity index (χ1v) is 10.3. The van der Waals surface area contributed by atoms with Crippen molar-refractivity contribution in [2.24, 2.45) is 10.9 Å². The SMILES string of the molecule is COc1ccc(/C=C2\SC(=Nc3ccc(Cl)cc3)N(CC(C)C)C2=O)cc1C. The molecule has 0 atom stereocenters. The quantitative estimate of drug-likeness (QED) is 0.570. The number of hydrogen-bond acceptors (Lipinski definition) is 4. The highest BCUT2D eigenvalue weighted by Gasteiger charge is 2.33. The standard InChI is InChI=1S/C22H23ClN2O2S/c1-14(2)13-25-21(26)20(12-16-5-10-19(27-4)15(3)11-16)28-22(25)24-18-8-6-17(23)7-9-18/h5-12,14H,13H2,1-4H3/b20-12-,24-22?. The molecule has 1 saturated heterocycles. The summed E-state index contributed by atoms with van der Waals surface area (Å²) >= 11 is 7.36. The van der Waals surface area contributed by atoms with E-state index in [9.17, 15) is 4.79 Å². The second-order valence-electron chi connectivity index (χ2n) is 7.02. The predicted molar refractivity (Wildman–Crippen MR) is 118 cm³/mol. The molecule has 2 aromatic carbocycles. The van der Waals surface area contributed by atoms with Crippen LogP contribution in [0.2, 0.25) is 5.02 Å². The van der Waals surface area contributed by atoms with E-state index in [0.29, 0.717) is 27.6 Å². The van der Waals surface area contributed by atoms with Gasteiger partial charge in [0.05, 0.1) is 17.7 Å². The summed E-state index contributed by atoms with van der Waals surface area (Å²) in [5, 5.41) is 1.35. The number of benzene rings is 2. The van der Waals surface area contributed by atoms with Crippen LogP contribution in [0.15, 0.2) is 52.4 Å². The first kappa shape index (κ1) is 20.5. The van der Waals surface area contributed by atoms with E-state index in [4.69, 9.17) is 16.3 Å². The van der Waals surface area contributed by atoms with E-state index in [-0.39, 0.29) is 5.91 Å². The van der Waals surface area contributed by atoms with Gasteiger partial charge in [0, 0.05) is 11.6 Å². The van der Waals surface area contributed by atoms with Crippen LogP contribution in [0.1, 0.15) is 25.0 Å². The zero-order valence-corrected chi connectivity index (χ0v) is 18.0. The van der Waals surface area contributed by atoms with Crippen molar-refractivity contribution < 1.29 is 9.53 Å². The fraction of sp³-hybridized carbons (Fsp3) is 0.273. The third-order valence-electron chi connectivity index (χ3n) is 4.20. The number of hydrogen-bond donors (Lipinski definition) is 0. The molecule has 1 amide bonds. The van der Waals surface area contributed by atoms with E-state index in [2.05, 4.69) is 18.8 Å². The molecule has 146 valence electrons. The van der Waals surface area contributed by atoms with Crippen LogP contribution in [0.4, 0.5) is 5.69 Å². The Kier molecular flexibility index (Phi) is 6.47. The lowest BCUT2D eigenvalue weighted by atomic mass is 10.1. The number of amides is 1. The van der Waals surface area contributed by atoms with Gasteiger partial charge in [0.25, 0.3) is 5.91 Å². The summed E-state index contributed by atoms with van der Waals surface area (Å²) in [6.45, 7) is 6.79. The molecule has 0 N–H and O–H groups in total. The number of methoxy groups -OCH3 is 1. The monoisotopic (exact) mass is 414 g/mol. The van der Waals surface area contributed by atoms with E-state index < -0.39 is 0 Å². The Hall–Kier alpha value is -2.24. The fourth-order valence-electron chi connectivity index (χ4n) is 2.89. The minimum atomic E-state index is -0.0140. The molecule has 6 heteroatoms. The molecular weight excluding hydrogens is 392 g/mol. The molecule has 0 aromatic heterocycles. The first-order valence-electron chi connectivity index (χ1n) is 9.07. The van der Waals surface area contributed by atoms with E-state index in [1.807, 2.05) is 43.3 Å². The van der Waals surface area contributed by atoms with Crippen LogP contribution >= 0.6 is 23.4 Å². The molecule has 4 nitrogen and oxygen atoms in total. The summed E-state index contributed by atoms with van der Waals surface area (Å²) in [4.78, 5) is 20.1. The van der Waals surface area contributed by atoms with Gasteiger partial charge in [0.15, 0.2) is 5.17 Å². The van der Waals surface area contributed by atoms with E-state index in [1.54, 1.807) is 24.1 Å². The van der Waals surface area contributed by atoms with Gasteiger partial charge >= 0.3 is 0 Å². The fourth-order valence-corrected chi connectivity index (χ4v) is 4.02.